The molecule has 35 heavy (non-hydrogen) atoms. The maximum absolute atomic E-state index is 12.8. The number of hydrogen-bond acceptors (Lipinski definition) is 5. The third kappa shape index (κ3) is 3.51. The second-order valence-corrected chi connectivity index (χ2v) is 8.37. The molecule has 0 spiro atoms. The van der Waals surface area contributed by atoms with Crippen LogP contribution >= 0.6 is 0 Å². The van der Waals surface area contributed by atoms with Crippen LogP contribution in [0.25, 0.3) is 16.8 Å². The van der Waals surface area contributed by atoms with Crippen molar-refractivity contribution >= 4 is 11.5 Å². The Morgan fingerprint density at radius 2 is 1.69 bits per heavy atom. The lowest BCUT2D eigenvalue weighted by molar-refractivity contribution is -0.132. The van der Waals surface area contributed by atoms with Crippen LogP contribution in [0.5, 0.6) is 17.2 Å². The van der Waals surface area contributed by atoms with Crippen LogP contribution in [0.1, 0.15) is 28.3 Å². The Kier molecular flexibility index (Phi) is 4.99. The van der Waals surface area contributed by atoms with E-state index in [1.807, 2.05) is 84.9 Å². The van der Waals surface area contributed by atoms with Crippen molar-refractivity contribution in [1.82, 2.24) is 4.98 Å². The van der Waals surface area contributed by atoms with Crippen LogP contribution in [0.15, 0.2) is 90.5 Å². The number of aromatic nitrogens is 1. The molecule has 1 aromatic heterocycles. The summed E-state index contributed by atoms with van der Waals surface area (Å²) in [4.78, 5) is 17.8. The lowest BCUT2D eigenvalue weighted by Crippen LogP contribution is -2.10. The summed E-state index contributed by atoms with van der Waals surface area (Å²) in [6.45, 7) is 0.154. The van der Waals surface area contributed by atoms with E-state index < -0.39 is 11.9 Å². The molecule has 4 aromatic rings. The minimum absolute atomic E-state index is 0.154. The average molecular weight is 463 g/mol. The fourth-order valence-corrected chi connectivity index (χ4v) is 4.82. The summed E-state index contributed by atoms with van der Waals surface area (Å²) >= 11 is 0. The van der Waals surface area contributed by atoms with Gasteiger partial charge in [0.05, 0.1) is 24.1 Å². The van der Waals surface area contributed by atoms with Gasteiger partial charge in [-0.1, -0.05) is 54.6 Å². The number of aliphatic carboxylic acids is 1. The molecule has 1 N–H and O–H groups in total. The van der Waals surface area contributed by atoms with Gasteiger partial charge in [0, 0.05) is 17.1 Å². The molecule has 0 unspecified atom stereocenters. The number of carboxylic acids is 1. The average Bonchev–Trinajstić information content (AvgIpc) is 3.51. The van der Waals surface area contributed by atoms with Crippen LogP contribution in [-0.2, 0) is 4.79 Å². The van der Waals surface area contributed by atoms with Crippen LogP contribution in [0.4, 0.5) is 0 Å². The van der Waals surface area contributed by atoms with Gasteiger partial charge in [0.15, 0.2) is 11.5 Å². The monoisotopic (exact) mass is 463 g/mol. The standard InChI is InChI=1S/C29H21NO5/c1-33-20-10-7-18(8-11-20)26-27(29(31)32)25(19-9-14-23-24(15-19)35-16-34-23)21-12-13-22(30-28(21)26)17-5-3-2-4-6-17/h2-15,25H,16H2,1H3,(H,31,32)/t25-/m0/s1. The van der Waals surface area contributed by atoms with Gasteiger partial charge >= 0.3 is 5.97 Å². The van der Waals surface area contributed by atoms with Gasteiger partial charge in [0.2, 0.25) is 6.79 Å². The van der Waals surface area contributed by atoms with Crippen LogP contribution in [0.2, 0.25) is 0 Å². The summed E-state index contributed by atoms with van der Waals surface area (Å²) in [5, 5.41) is 10.5. The van der Waals surface area contributed by atoms with Crippen molar-refractivity contribution in [2.45, 2.75) is 5.92 Å². The summed E-state index contributed by atoms with van der Waals surface area (Å²) in [6.07, 6.45) is 0. The fourth-order valence-electron chi connectivity index (χ4n) is 4.82. The third-order valence-electron chi connectivity index (χ3n) is 6.44. The van der Waals surface area contributed by atoms with Gasteiger partial charge in [-0.15, -0.1) is 0 Å². The van der Waals surface area contributed by atoms with Crippen molar-refractivity contribution in [2.24, 2.45) is 0 Å². The van der Waals surface area contributed by atoms with Crippen LogP contribution < -0.4 is 14.2 Å². The normalized spacial score (nSPS) is 15.7. The highest BCUT2D eigenvalue weighted by Gasteiger charge is 2.39. The van der Waals surface area contributed by atoms with Crippen molar-refractivity contribution in [3.63, 3.8) is 0 Å². The topological polar surface area (TPSA) is 77.9 Å². The molecule has 1 atom stereocenters. The zero-order valence-electron chi connectivity index (χ0n) is 18.9. The molecule has 0 amide bonds. The number of ether oxygens (including phenoxy) is 3. The second kappa shape index (κ2) is 8.33. The SMILES string of the molecule is COc1ccc(C2=C(C(=O)O)[C@@H](c3ccc4c(c3)OCO4)c3ccc(-c4ccccc4)nc32)cc1. The van der Waals surface area contributed by atoms with Gasteiger partial charge in [-0.3, -0.25) is 0 Å². The molecular formula is C29H21NO5. The minimum atomic E-state index is -0.988. The zero-order chi connectivity index (χ0) is 23.9. The molecule has 0 saturated heterocycles. The van der Waals surface area contributed by atoms with Gasteiger partial charge in [0.1, 0.15) is 5.75 Å². The number of hydrogen-bond donors (Lipinski definition) is 1. The molecule has 172 valence electrons. The third-order valence-corrected chi connectivity index (χ3v) is 6.44. The van der Waals surface area contributed by atoms with E-state index in [0.29, 0.717) is 28.5 Å². The first-order valence-corrected chi connectivity index (χ1v) is 11.2. The first-order chi connectivity index (χ1) is 17.1. The Balaban J connectivity index is 1.59. The predicted molar refractivity (Wildman–Crippen MR) is 131 cm³/mol. The number of pyridine rings is 1. The van der Waals surface area contributed by atoms with Gasteiger partial charge < -0.3 is 19.3 Å². The predicted octanol–water partition coefficient (Wildman–Crippen LogP) is 5.52. The minimum Gasteiger partial charge on any atom is -0.497 e. The summed E-state index contributed by atoms with van der Waals surface area (Å²) in [7, 11) is 1.60. The largest absolute Gasteiger partial charge is 0.497 e. The summed E-state index contributed by atoms with van der Waals surface area (Å²) in [6, 6.07) is 26.8. The highest BCUT2D eigenvalue weighted by atomic mass is 16.7. The van der Waals surface area contributed by atoms with Crippen molar-refractivity contribution in [3.8, 4) is 28.5 Å². The van der Waals surface area contributed by atoms with Gasteiger partial charge in [-0.2, -0.15) is 0 Å². The first kappa shape index (κ1) is 21.0. The molecule has 6 heteroatoms. The van der Waals surface area contributed by atoms with Crippen LogP contribution in [-0.4, -0.2) is 30.0 Å². The van der Waals surface area contributed by atoms with Crippen molar-refractivity contribution in [3.05, 3.63) is 113 Å². The fraction of sp³-hybridized carbons (Fsp3) is 0.103. The second-order valence-electron chi connectivity index (χ2n) is 8.37. The van der Waals surface area contributed by atoms with Crippen LogP contribution in [0, 0.1) is 0 Å². The highest BCUT2D eigenvalue weighted by molar-refractivity contribution is 6.06. The number of carbonyl (C=O) groups is 1. The molecule has 1 aliphatic heterocycles. The smallest absolute Gasteiger partial charge is 0.333 e. The maximum atomic E-state index is 12.8. The number of benzene rings is 3. The Bertz CT molecular complexity index is 1480. The molecule has 1 aliphatic carbocycles. The van der Waals surface area contributed by atoms with Crippen LogP contribution in [0.3, 0.4) is 0 Å². The molecule has 0 bridgehead atoms. The number of rotatable bonds is 5. The number of nitrogens with zero attached hydrogens (tertiary/aromatic N) is 1. The lowest BCUT2D eigenvalue weighted by atomic mass is 9.88. The van der Waals surface area contributed by atoms with Crippen molar-refractivity contribution < 1.29 is 24.1 Å². The molecule has 0 saturated carbocycles. The number of carboxylic acid groups (broad SMARTS) is 1. The molecule has 0 radical (unpaired) electrons. The Morgan fingerprint density at radius 3 is 2.43 bits per heavy atom. The summed E-state index contributed by atoms with van der Waals surface area (Å²) in [5.74, 6) is 0.466. The Labute approximate surface area is 202 Å². The number of fused-ring (bicyclic) bond motifs is 2. The molecule has 6 rings (SSSR count). The number of methoxy groups -OCH3 is 1. The molecule has 2 aliphatic rings. The van der Waals surface area contributed by atoms with Gasteiger partial charge in [0.25, 0.3) is 0 Å². The highest BCUT2D eigenvalue weighted by Crippen LogP contribution is 2.49. The quantitative estimate of drug-likeness (QED) is 0.420. The molecule has 3 aromatic carbocycles. The van der Waals surface area contributed by atoms with Gasteiger partial charge in [-0.25, -0.2) is 9.78 Å². The van der Waals surface area contributed by atoms with E-state index >= 15 is 0 Å². The van der Waals surface area contributed by atoms with E-state index in [1.54, 1.807) is 7.11 Å². The summed E-state index contributed by atoms with van der Waals surface area (Å²) in [5.41, 5.74) is 5.72. The van der Waals surface area contributed by atoms with Crippen molar-refractivity contribution in [2.75, 3.05) is 13.9 Å². The maximum Gasteiger partial charge on any atom is 0.333 e. The Morgan fingerprint density at radius 1 is 0.914 bits per heavy atom. The Hall–Kier alpha value is -4.58. The first-order valence-electron chi connectivity index (χ1n) is 11.2. The zero-order valence-corrected chi connectivity index (χ0v) is 18.9. The lowest BCUT2D eigenvalue weighted by Gasteiger charge is -2.15. The van der Waals surface area contributed by atoms with Crippen molar-refractivity contribution in [1.29, 1.82) is 0 Å². The summed E-state index contributed by atoms with van der Waals surface area (Å²) < 4.78 is 16.4. The van der Waals surface area contributed by atoms with E-state index in [9.17, 15) is 9.90 Å². The van der Waals surface area contributed by atoms with E-state index in [1.165, 1.54) is 0 Å². The van der Waals surface area contributed by atoms with E-state index in [-0.39, 0.29) is 12.4 Å². The molecular weight excluding hydrogens is 442 g/mol. The van der Waals surface area contributed by atoms with E-state index in [4.69, 9.17) is 19.2 Å². The molecule has 6 nitrogen and oxygen atoms in total. The van der Waals surface area contributed by atoms with E-state index in [0.717, 1.165) is 27.9 Å². The molecule has 0 fully saturated rings. The molecule has 2 heterocycles. The van der Waals surface area contributed by atoms with E-state index in [2.05, 4.69) is 0 Å². The van der Waals surface area contributed by atoms with Gasteiger partial charge in [-0.05, 0) is 47.0 Å².